The molecule has 2 rings (SSSR count). The minimum Gasteiger partial charge on any atom is -0.444 e. The van der Waals surface area contributed by atoms with Crippen molar-refractivity contribution >= 4 is 17.0 Å². The van der Waals surface area contributed by atoms with Crippen LogP contribution in [-0.2, 0) is 11.3 Å². The van der Waals surface area contributed by atoms with Crippen molar-refractivity contribution in [1.82, 2.24) is 14.9 Å². The number of carbonyl (C=O) groups is 1. The fourth-order valence-corrected chi connectivity index (χ4v) is 2.05. The molecule has 0 fully saturated rings. The van der Waals surface area contributed by atoms with Crippen molar-refractivity contribution in [2.45, 2.75) is 45.9 Å². The number of carbonyl (C=O) groups excluding carboxylic acids is 1. The van der Waals surface area contributed by atoms with Crippen molar-refractivity contribution in [1.29, 1.82) is 0 Å². The molecule has 2 aromatic rings. The highest BCUT2D eigenvalue weighted by Crippen LogP contribution is 2.14. The lowest BCUT2D eigenvalue weighted by Crippen LogP contribution is -2.39. The van der Waals surface area contributed by atoms with Crippen LogP contribution in [0.25, 0.3) is 10.9 Å². The Morgan fingerprint density at radius 2 is 2.20 bits per heavy atom. The number of hydrogen-bond acceptors (Lipinski definition) is 3. The maximum absolute atomic E-state index is 11.7. The molecule has 108 valence electrons. The zero-order valence-electron chi connectivity index (χ0n) is 12.4. The Morgan fingerprint density at radius 1 is 1.45 bits per heavy atom. The number of aromatic nitrogens is 2. The Labute approximate surface area is 118 Å². The SMILES string of the molecule is C[C@H](Cn1ccc2cnccc21)NC(=O)OC(C)(C)C. The quantitative estimate of drug-likeness (QED) is 0.937. The van der Waals surface area contributed by atoms with Gasteiger partial charge in [-0.15, -0.1) is 0 Å². The van der Waals surface area contributed by atoms with Crippen molar-refractivity contribution in [2.75, 3.05) is 0 Å². The number of nitrogens with one attached hydrogen (secondary N) is 1. The van der Waals surface area contributed by atoms with Gasteiger partial charge in [0.1, 0.15) is 5.60 Å². The Hall–Kier alpha value is -2.04. The van der Waals surface area contributed by atoms with E-state index in [4.69, 9.17) is 4.74 Å². The van der Waals surface area contributed by atoms with Gasteiger partial charge in [0.05, 0.1) is 5.52 Å². The van der Waals surface area contributed by atoms with Crippen LogP contribution >= 0.6 is 0 Å². The monoisotopic (exact) mass is 275 g/mol. The molecule has 5 nitrogen and oxygen atoms in total. The molecule has 0 bridgehead atoms. The van der Waals surface area contributed by atoms with Gasteiger partial charge in [-0.2, -0.15) is 0 Å². The van der Waals surface area contributed by atoms with Crippen LogP contribution in [-0.4, -0.2) is 27.3 Å². The summed E-state index contributed by atoms with van der Waals surface area (Å²) in [4.78, 5) is 15.8. The van der Waals surface area contributed by atoms with E-state index in [2.05, 4.69) is 14.9 Å². The molecule has 2 heterocycles. The van der Waals surface area contributed by atoms with E-state index in [1.54, 1.807) is 6.20 Å². The highest BCUT2D eigenvalue weighted by molar-refractivity contribution is 5.78. The second-order valence-electron chi connectivity index (χ2n) is 5.95. The van der Waals surface area contributed by atoms with E-state index < -0.39 is 5.60 Å². The first-order valence-corrected chi connectivity index (χ1v) is 6.73. The van der Waals surface area contributed by atoms with Crippen LogP contribution in [0.2, 0.25) is 0 Å². The van der Waals surface area contributed by atoms with E-state index in [1.165, 1.54) is 0 Å². The molecule has 1 N–H and O–H groups in total. The summed E-state index contributed by atoms with van der Waals surface area (Å²) in [6.07, 6.45) is 5.21. The van der Waals surface area contributed by atoms with Gasteiger partial charge in [0.25, 0.3) is 0 Å². The molecule has 0 saturated carbocycles. The highest BCUT2D eigenvalue weighted by Gasteiger charge is 2.17. The van der Waals surface area contributed by atoms with Gasteiger partial charge < -0.3 is 14.6 Å². The minimum atomic E-state index is -0.477. The van der Waals surface area contributed by atoms with Gasteiger partial charge in [0.2, 0.25) is 0 Å². The molecule has 0 aliphatic heterocycles. The van der Waals surface area contributed by atoms with Crippen LogP contribution in [0, 0.1) is 0 Å². The number of fused-ring (bicyclic) bond motifs is 1. The molecule has 0 unspecified atom stereocenters. The number of ether oxygens (including phenoxy) is 1. The molecule has 0 spiro atoms. The third-order valence-corrected chi connectivity index (χ3v) is 2.81. The van der Waals surface area contributed by atoms with Gasteiger partial charge in [0.15, 0.2) is 0 Å². The lowest BCUT2D eigenvalue weighted by atomic mass is 10.2. The molecule has 1 atom stereocenters. The first-order chi connectivity index (χ1) is 9.35. The van der Waals surface area contributed by atoms with E-state index >= 15 is 0 Å². The topological polar surface area (TPSA) is 56.2 Å². The maximum atomic E-state index is 11.7. The largest absolute Gasteiger partial charge is 0.444 e. The van der Waals surface area contributed by atoms with Crippen molar-refractivity contribution in [2.24, 2.45) is 0 Å². The molecule has 1 amide bonds. The molecule has 0 aromatic carbocycles. The standard InChI is InChI=1S/C15H21N3O2/c1-11(17-14(19)20-15(2,3)4)10-18-8-6-12-9-16-7-5-13(12)18/h5-9,11H,10H2,1-4H3,(H,17,19)/t11-/m1/s1. The predicted molar refractivity (Wildman–Crippen MR) is 78.6 cm³/mol. The third-order valence-electron chi connectivity index (χ3n) is 2.81. The number of pyridine rings is 1. The molecular formula is C15H21N3O2. The normalized spacial score (nSPS) is 13.2. The second-order valence-corrected chi connectivity index (χ2v) is 5.95. The number of nitrogens with zero attached hydrogens (tertiary/aromatic N) is 2. The summed E-state index contributed by atoms with van der Waals surface area (Å²) in [5, 5.41) is 3.94. The van der Waals surface area contributed by atoms with E-state index in [0.29, 0.717) is 6.54 Å². The summed E-state index contributed by atoms with van der Waals surface area (Å²) >= 11 is 0. The van der Waals surface area contributed by atoms with Crippen LogP contribution in [0.1, 0.15) is 27.7 Å². The lowest BCUT2D eigenvalue weighted by molar-refractivity contribution is 0.0504. The summed E-state index contributed by atoms with van der Waals surface area (Å²) in [7, 11) is 0. The Balaban J connectivity index is 1.98. The van der Waals surface area contributed by atoms with Gasteiger partial charge in [0, 0.05) is 36.6 Å². The highest BCUT2D eigenvalue weighted by atomic mass is 16.6. The first kappa shape index (κ1) is 14.4. The molecule has 5 heteroatoms. The van der Waals surface area contributed by atoms with E-state index in [9.17, 15) is 4.79 Å². The zero-order valence-corrected chi connectivity index (χ0v) is 12.4. The maximum Gasteiger partial charge on any atom is 0.407 e. The second kappa shape index (κ2) is 5.53. The summed E-state index contributed by atoms with van der Waals surface area (Å²) in [6.45, 7) is 8.20. The smallest absolute Gasteiger partial charge is 0.407 e. The lowest BCUT2D eigenvalue weighted by Gasteiger charge is -2.22. The molecule has 2 aromatic heterocycles. The molecular weight excluding hydrogens is 254 g/mol. The van der Waals surface area contributed by atoms with Crippen LogP contribution in [0.5, 0.6) is 0 Å². The third kappa shape index (κ3) is 3.73. The van der Waals surface area contributed by atoms with Crippen molar-refractivity contribution in [3.63, 3.8) is 0 Å². The van der Waals surface area contributed by atoms with E-state index in [1.807, 2.05) is 52.2 Å². The minimum absolute atomic E-state index is 0.0198. The first-order valence-electron chi connectivity index (χ1n) is 6.73. The summed E-state index contributed by atoms with van der Waals surface area (Å²) in [5.74, 6) is 0. The van der Waals surface area contributed by atoms with Gasteiger partial charge >= 0.3 is 6.09 Å². The summed E-state index contributed by atoms with van der Waals surface area (Å²) in [5.41, 5.74) is 0.633. The fourth-order valence-electron chi connectivity index (χ4n) is 2.05. The fraction of sp³-hybridized carbons (Fsp3) is 0.467. The summed E-state index contributed by atoms with van der Waals surface area (Å²) in [6, 6.07) is 3.96. The molecule has 0 radical (unpaired) electrons. The van der Waals surface area contributed by atoms with Gasteiger partial charge in [-0.3, -0.25) is 4.98 Å². The number of hydrogen-bond donors (Lipinski definition) is 1. The Bertz CT molecular complexity index is 598. The molecule has 0 saturated heterocycles. The predicted octanol–water partition coefficient (Wildman–Crippen LogP) is 2.95. The average molecular weight is 275 g/mol. The van der Waals surface area contributed by atoms with Crippen LogP contribution < -0.4 is 5.32 Å². The molecule has 20 heavy (non-hydrogen) atoms. The Morgan fingerprint density at radius 3 is 2.90 bits per heavy atom. The zero-order chi connectivity index (χ0) is 14.8. The van der Waals surface area contributed by atoms with E-state index in [0.717, 1.165) is 10.9 Å². The van der Waals surface area contributed by atoms with Crippen LogP contribution in [0.15, 0.2) is 30.7 Å². The van der Waals surface area contributed by atoms with Crippen molar-refractivity contribution in [3.05, 3.63) is 30.7 Å². The van der Waals surface area contributed by atoms with Crippen molar-refractivity contribution < 1.29 is 9.53 Å². The Kier molecular flexibility index (Phi) is 3.97. The van der Waals surface area contributed by atoms with Crippen LogP contribution in [0.3, 0.4) is 0 Å². The average Bonchev–Trinajstić information content (AvgIpc) is 2.70. The van der Waals surface area contributed by atoms with Gasteiger partial charge in [-0.25, -0.2) is 4.79 Å². The van der Waals surface area contributed by atoms with Crippen molar-refractivity contribution in [3.8, 4) is 0 Å². The summed E-state index contributed by atoms with van der Waals surface area (Å²) < 4.78 is 7.34. The molecule has 0 aliphatic rings. The van der Waals surface area contributed by atoms with Crippen LogP contribution in [0.4, 0.5) is 4.79 Å². The van der Waals surface area contributed by atoms with E-state index in [-0.39, 0.29) is 12.1 Å². The van der Waals surface area contributed by atoms with Gasteiger partial charge in [-0.05, 0) is 39.8 Å². The van der Waals surface area contributed by atoms with Gasteiger partial charge in [-0.1, -0.05) is 0 Å². The number of alkyl carbamates (subject to hydrolysis) is 1. The number of rotatable bonds is 3. The number of amides is 1. The molecule has 0 aliphatic carbocycles.